The topological polar surface area (TPSA) is 64.7 Å². The number of nitrogen functional groups attached to an aromatic ring is 1. The van der Waals surface area contributed by atoms with Crippen molar-refractivity contribution >= 4 is 17.5 Å². The Morgan fingerprint density at radius 3 is 2.57 bits per heavy atom. The molecule has 0 aliphatic carbocycles. The number of aromatic nitrogens is 3. The van der Waals surface area contributed by atoms with E-state index in [0.717, 1.165) is 11.1 Å². The molecule has 0 amide bonds. The second kappa shape index (κ2) is 3.59. The Hall–Kier alpha value is -1.68. The maximum atomic E-state index is 5.91. The first-order valence-electron chi connectivity index (χ1n) is 3.96. The summed E-state index contributed by atoms with van der Waals surface area (Å²) >= 11 is 5.91. The SMILES string of the molecule is Nc1ncc(-c2ccncc2)c(Cl)n1. The minimum atomic E-state index is 0.174. The molecule has 4 nitrogen and oxygen atoms in total. The van der Waals surface area contributed by atoms with Crippen LogP contribution in [0, 0.1) is 0 Å². The van der Waals surface area contributed by atoms with Gasteiger partial charge in [-0.2, -0.15) is 0 Å². The average molecular weight is 207 g/mol. The maximum absolute atomic E-state index is 5.91. The largest absolute Gasteiger partial charge is 0.368 e. The first-order chi connectivity index (χ1) is 6.77. The van der Waals surface area contributed by atoms with Gasteiger partial charge in [0, 0.05) is 24.2 Å². The minimum absolute atomic E-state index is 0.174. The summed E-state index contributed by atoms with van der Waals surface area (Å²) in [5.74, 6) is 0.174. The smallest absolute Gasteiger partial charge is 0.221 e. The van der Waals surface area contributed by atoms with Gasteiger partial charge in [0.25, 0.3) is 0 Å². The molecule has 0 spiro atoms. The van der Waals surface area contributed by atoms with Crippen LogP contribution < -0.4 is 5.73 Å². The van der Waals surface area contributed by atoms with Crippen LogP contribution in [0.1, 0.15) is 0 Å². The fourth-order valence-electron chi connectivity index (χ4n) is 1.10. The molecular formula is C9H7ClN4. The van der Waals surface area contributed by atoms with E-state index < -0.39 is 0 Å². The molecule has 0 atom stereocenters. The van der Waals surface area contributed by atoms with Crippen molar-refractivity contribution in [2.75, 3.05) is 5.73 Å². The van der Waals surface area contributed by atoms with Crippen molar-refractivity contribution in [3.8, 4) is 11.1 Å². The van der Waals surface area contributed by atoms with Gasteiger partial charge >= 0.3 is 0 Å². The average Bonchev–Trinajstić information content (AvgIpc) is 2.19. The van der Waals surface area contributed by atoms with Crippen molar-refractivity contribution in [1.82, 2.24) is 15.0 Å². The van der Waals surface area contributed by atoms with E-state index in [-0.39, 0.29) is 5.95 Å². The third kappa shape index (κ3) is 1.65. The Labute approximate surface area is 85.8 Å². The highest BCUT2D eigenvalue weighted by molar-refractivity contribution is 6.32. The first-order valence-corrected chi connectivity index (χ1v) is 4.33. The number of halogens is 1. The molecule has 0 aliphatic rings. The molecule has 2 aromatic heterocycles. The lowest BCUT2D eigenvalue weighted by atomic mass is 10.1. The molecule has 0 saturated carbocycles. The third-order valence-electron chi connectivity index (χ3n) is 1.75. The van der Waals surface area contributed by atoms with Crippen molar-refractivity contribution in [3.05, 3.63) is 35.9 Å². The van der Waals surface area contributed by atoms with Gasteiger partial charge in [-0.3, -0.25) is 4.98 Å². The van der Waals surface area contributed by atoms with E-state index in [1.165, 1.54) is 0 Å². The van der Waals surface area contributed by atoms with Gasteiger partial charge < -0.3 is 5.73 Å². The molecule has 2 N–H and O–H groups in total. The van der Waals surface area contributed by atoms with Gasteiger partial charge in [-0.25, -0.2) is 9.97 Å². The van der Waals surface area contributed by atoms with Crippen molar-refractivity contribution in [2.24, 2.45) is 0 Å². The lowest BCUT2D eigenvalue weighted by molar-refractivity contribution is 1.19. The van der Waals surface area contributed by atoms with Crippen LogP contribution in [0.3, 0.4) is 0 Å². The highest BCUT2D eigenvalue weighted by atomic mass is 35.5. The van der Waals surface area contributed by atoms with Gasteiger partial charge in [0.15, 0.2) is 0 Å². The van der Waals surface area contributed by atoms with Crippen molar-refractivity contribution in [3.63, 3.8) is 0 Å². The quantitative estimate of drug-likeness (QED) is 0.723. The Morgan fingerprint density at radius 1 is 1.21 bits per heavy atom. The fourth-order valence-corrected chi connectivity index (χ4v) is 1.34. The molecule has 0 radical (unpaired) electrons. The highest BCUT2D eigenvalue weighted by Crippen LogP contribution is 2.24. The van der Waals surface area contributed by atoms with Gasteiger partial charge in [-0.15, -0.1) is 0 Å². The molecule has 0 unspecified atom stereocenters. The summed E-state index contributed by atoms with van der Waals surface area (Å²) in [7, 11) is 0. The number of pyridine rings is 1. The molecule has 0 aliphatic heterocycles. The van der Waals surface area contributed by atoms with Crippen LogP contribution in [0.5, 0.6) is 0 Å². The minimum Gasteiger partial charge on any atom is -0.368 e. The van der Waals surface area contributed by atoms with E-state index in [4.69, 9.17) is 17.3 Å². The van der Waals surface area contributed by atoms with Crippen LogP contribution in [0.15, 0.2) is 30.7 Å². The third-order valence-corrected chi connectivity index (χ3v) is 2.04. The van der Waals surface area contributed by atoms with Crippen LogP contribution in [0.4, 0.5) is 5.95 Å². The van der Waals surface area contributed by atoms with Crippen molar-refractivity contribution in [2.45, 2.75) is 0 Å². The summed E-state index contributed by atoms with van der Waals surface area (Å²) in [6.07, 6.45) is 4.96. The number of rotatable bonds is 1. The Bertz CT molecular complexity index is 444. The van der Waals surface area contributed by atoms with E-state index >= 15 is 0 Å². The second-order valence-electron chi connectivity index (χ2n) is 2.67. The van der Waals surface area contributed by atoms with Crippen LogP contribution >= 0.6 is 11.6 Å². The number of hydrogen-bond acceptors (Lipinski definition) is 4. The van der Waals surface area contributed by atoms with E-state index in [9.17, 15) is 0 Å². The molecule has 2 heterocycles. The van der Waals surface area contributed by atoms with Crippen LogP contribution in [0.2, 0.25) is 5.15 Å². The fraction of sp³-hybridized carbons (Fsp3) is 0. The van der Waals surface area contributed by atoms with Gasteiger partial charge in [0.2, 0.25) is 5.95 Å². The summed E-state index contributed by atoms with van der Waals surface area (Å²) in [5, 5.41) is 0.351. The second-order valence-corrected chi connectivity index (χ2v) is 3.03. The molecule has 14 heavy (non-hydrogen) atoms. The summed E-state index contributed by atoms with van der Waals surface area (Å²) in [6, 6.07) is 3.67. The predicted molar refractivity (Wildman–Crippen MR) is 54.7 cm³/mol. The predicted octanol–water partition coefficient (Wildman–Crippen LogP) is 1.77. The molecule has 0 bridgehead atoms. The summed E-state index contributed by atoms with van der Waals surface area (Å²) in [4.78, 5) is 11.6. The molecule has 0 aromatic carbocycles. The van der Waals surface area contributed by atoms with Crippen molar-refractivity contribution in [1.29, 1.82) is 0 Å². The van der Waals surface area contributed by atoms with E-state index in [1.807, 2.05) is 12.1 Å². The van der Waals surface area contributed by atoms with Crippen LogP contribution in [0.25, 0.3) is 11.1 Å². The summed E-state index contributed by atoms with van der Waals surface area (Å²) in [6.45, 7) is 0. The van der Waals surface area contributed by atoms with Crippen molar-refractivity contribution < 1.29 is 0 Å². The lowest BCUT2D eigenvalue weighted by Crippen LogP contribution is -1.95. The molecule has 2 aromatic rings. The normalized spacial score (nSPS) is 10.1. The van der Waals surface area contributed by atoms with E-state index in [0.29, 0.717) is 5.15 Å². The van der Waals surface area contributed by atoms with Gasteiger partial charge in [-0.05, 0) is 17.7 Å². The lowest BCUT2D eigenvalue weighted by Gasteiger charge is -2.02. The first kappa shape index (κ1) is 8.90. The van der Waals surface area contributed by atoms with Crippen LogP contribution in [-0.2, 0) is 0 Å². The molecule has 0 fully saturated rings. The summed E-state index contributed by atoms with van der Waals surface area (Å²) < 4.78 is 0. The monoisotopic (exact) mass is 206 g/mol. The molecular weight excluding hydrogens is 200 g/mol. The van der Waals surface area contributed by atoms with E-state index in [2.05, 4.69) is 15.0 Å². The maximum Gasteiger partial charge on any atom is 0.221 e. The zero-order chi connectivity index (χ0) is 9.97. The summed E-state index contributed by atoms with van der Waals surface area (Å²) in [5.41, 5.74) is 7.06. The zero-order valence-corrected chi connectivity index (χ0v) is 7.94. The molecule has 5 heteroatoms. The number of nitrogens with two attached hydrogens (primary N) is 1. The van der Waals surface area contributed by atoms with Gasteiger partial charge in [0.05, 0.1) is 0 Å². The van der Waals surface area contributed by atoms with Gasteiger partial charge in [0.1, 0.15) is 5.15 Å². The number of anilines is 1. The molecule has 70 valence electrons. The van der Waals surface area contributed by atoms with Crippen LogP contribution in [-0.4, -0.2) is 15.0 Å². The van der Waals surface area contributed by atoms with Gasteiger partial charge in [-0.1, -0.05) is 11.6 Å². The van der Waals surface area contributed by atoms with E-state index in [1.54, 1.807) is 18.6 Å². The Kier molecular flexibility index (Phi) is 2.28. The Balaban J connectivity index is 2.53. The molecule has 0 saturated heterocycles. The highest BCUT2D eigenvalue weighted by Gasteiger charge is 2.04. The standard InChI is InChI=1S/C9H7ClN4/c10-8-7(5-13-9(11)14-8)6-1-3-12-4-2-6/h1-5H,(H2,11,13,14). The number of nitrogens with zero attached hydrogens (tertiary/aromatic N) is 3. The number of hydrogen-bond donors (Lipinski definition) is 1. The Morgan fingerprint density at radius 2 is 1.93 bits per heavy atom. The molecule has 2 rings (SSSR count). The zero-order valence-electron chi connectivity index (χ0n) is 7.18.